The van der Waals surface area contributed by atoms with E-state index in [0.29, 0.717) is 31.0 Å². The Bertz CT molecular complexity index is 778. The van der Waals surface area contributed by atoms with Crippen LogP contribution in [0.15, 0.2) is 0 Å². The molecule has 2 unspecified atom stereocenters. The lowest BCUT2D eigenvalue weighted by atomic mass is 9.43. The number of aliphatic hydroxyl groups excluding tert-OH is 2. The zero-order chi connectivity index (χ0) is 23.9. The first kappa shape index (κ1) is 24.3. The van der Waals surface area contributed by atoms with Crippen molar-refractivity contribution in [3.05, 3.63) is 0 Å². The van der Waals surface area contributed by atoms with E-state index in [2.05, 4.69) is 27.7 Å². The van der Waals surface area contributed by atoms with E-state index in [-0.39, 0.29) is 40.4 Å². The summed E-state index contributed by atoms with van der Waals surface area (Å²) in [5.41, 5.74) is -1.10. The first-order chi connectivity index (χ1) is 15.4. The summed E-state index contributed by atoms with van der Waals surface area (Å²) < 4.78 is 0. The van der Waals surface area contributed by atoms with Crippen LogP contribution in [0.1, 0.15) is 98.8 Å². The molecule has 0 saturated heterocycles. The van der Waals surface area contributed by atoms with Gasteiger partial charge in [0.15, 0.2) is 0 Å². The van der Waals surface area contributed by atoms with Gasteiger partial charge in [-0.2, -0.15) is 0 Å². The highest BCUT2D eigenvalue weighted by Gasteiger charge is 2.67. The molecule has 4 nitrogen and oxygen atoms in total. The van der Waals surface area contributed by atoms with Gasteiger partial charge >= 0.3 is 0 Å². The predicted octanol–water partition coefficient (Wildman–Crippen LogP) is 4.98. The summed E-state index contributed by atoms with van der Waals surface area (Å²) in [5.74, 6) is 3.67. The highest BCUT2D eigenvalue weighted by Crippen LogP contribution is 2.68. The molecule has 5 rings (SSSR count). The van der Waals surface area contributed by atoms with Crippen LogP contribution in [0.3, 0.4) is 0 Å². The van der Waals surface area contributed by atoms with Crippen molar-refractivity contribution in [1.29, 1.82) is 0 Å². The van der Waals surface area contributed by atoms with Crippen LogP contribution in [-0.2, 0) is 4.79 Å². The molecule has 0 aromatic carbocycles. The molecular formula is C29H48O4. The van der Waals surface area contributed by atoms with E-state index in [1.165, 1.54) is 6.42 Å². The monoisotopic (exact) mass is 460 g/mol. The average Bonchev–Trinajstić information content (AvgIpc) is 3.36. The van der Waals surface area contributed by atoms with E-state index in [4.69, 9.17) is 0 Å². The summed E-state index contributed by atoms with van der Waals surface area (Å²) in [7, 11) is 0. The lowest BCUT2D eigenvalue weighted by Gasteiger charge is -2.63. The van der Waals surface area contributed by atoms with Gasteiger partial charge in [-0.1, -0.05) is 27.7 Å². The SMILES string of the molecule is CC(CCC(C)(O)[C@H]1CC[C@H]2[C@@H]3[C@H](O)C[C@H]4CC(=O)CC[C@]4(C)[C@H]3C[C@@H](O)[C@]12C)[C@@H]1C[C@H]1C. The summed E-state index contributed by atoms with van der Waals surface area (Å²) in [4.78, 5) is 12.2. The van der Waals surface area contributed by atoms with Crippen molar-refractivity contribution in [3.63, 3.8) is 0 Å². The van der Waals surface area contributed by atoms with Gasteiger partial charge in [0.2, 0.25) is 0 Å². The third kappa shape index (κ3) is 3.68. The van der Waals surface area contributed by atoms with Gasteiger partial charge in [0.25, 0.3) is 0 Å². The van der Waals surface area contributed by atoms with Crippen molar-refractivity contribution in [2.45, 2.75) is 117 Å². The fourth-order valence-electron chi connectivity index (χ4n) is 10.0. The van der Waals surface area contributed by atoms with Gasteiger partial charge in [0, 0.05) is 18.3 Å². The van der Waals surface area contributed by atoms with Crippen molar-refractivity contribution in [2.75, 3.05) is 0 Å². The highest BCUT2D eigenvalue weighted by molar-refractivity contribution is 5.79. The minimum absolute atomic E-state index is 0.0388. The van der Waals surface area contributed by atoms with Crippen molar-refractivity contribution < 1.29 is 20.1 Å². The fraction of sp³-hybridized carbons (Fsp3) is 0.966. The molecule has 0 amide bonds. The number of hydrogen-bond acceptors (Lipinski definition) is 4. The highest BCUT2D eigenvalue weighted by atomic mass is 16.3. The molecular weight excluding hydrogens is 412 g/mol. The zero-order valence-corrected chi connectivity index (χ0v) is 21.6. The maximum absolute atomic E-state index is 12.2. The second kappa shape index (κ2) is 8.03. The largest absolute Gasteiger partial charge is 0.393 e. The molecule has 5 aliphatic rings. The van der Waals surface area contributed by atoms with Gasteiger partial charge in [0.05, 0.1) is 17.8 Å². The van der Waals surface area contributed by atoms with E-state index >= 15 is 0 Å². The Labute approximate surface area is 200 Å². The Morgan fingerprint density at radius 2 is 1.82 bits per heavy atom. The molecule has 13 atom stereocenters. The van der Waals surface area contributed by atoms with Crippen LogP contribution in [0.5, 0.6) is 0 Å². The summed E-state index contributed by atoms with van der Waals surface area (Å²) >= 11 is 0. The standard InChI is InChI=1S/C29H48O4/c1-16(20-12-17(20)2)8-11-28(4,33)24-7-6-21-26-22(15-25(32)29(21,24)5)27(3)10-9-19(30)13-18(27)14-23(26)31/h16-18,20-26,31-33H,6-15H2,1-5H3/t16?,17-,18-,20+,21+,22+,23-,24-,25-,26+,27+,28?,29+/m1/s1. The molecule has 188 valence electrons. The van der Waals surface area contributed by atoms with E-state index in [0.717, 1.165) is 50.4 Å². The van der Waals surface area contributed by atoms with Gasteiger partial charge in [-0.05, 0) is 111 Å². The van der Waals surface area contributed by atoms with Gasteiger partial charge in [-0.25, -0.2) is 0 Å². The van der Waals surface area contributed by atoms with Gasteiger partial charge in [-0.3, -0.25) is 4.79 Å². The second-order valence-corrected chi connectivity index (χ2v) is 14.0. The van der Waals surface area contributed by atoms with Crippen molar-refractivity contribution in [2.24, 2.45) is 58.2 Å². The van der Waals surface area contributed by atoms with Gasteiger partial charge < -0.3 is 15.3 Å². The Kier molecular flexibility index (Phi) is 5.90. The number of rotatable bonds is 5. The minimum Gasteiger partial charge on any atom is -0.393 e. The maximum atomic E-state index is 12.2. The first-order valence-corrected chi connectivity index (χ1v) is 14.0. The van der Waals surface area contributed by atoms with Crippen LogP contribution in [-0.4, -0.2) is 38.9 Å². The topological polar surface area (TPSA) is 77.8 Å². The van der Waals surface area contributed by atoms with Crippen LogP contribution in [0.4, 0.5) is 0 Å². The molecule has 5 saturated carbocycles. The summed E-state index contributed by atoms with van der Waals surface area (Å²) in [6.45, 7) is 11.3. The maximum Gasteiger partial charge on any atom is 0.133 e. The molecule has 5 aliphatic carbocycles. The molecule has 33 heavy (non-hydrogen) atoms. The number of carbonyl (C=O) groups excluding carboxylic acids is 1. The number of hydrogen-bond donors (Lipinski definition) is 3. The summed E-state index contributed by atoms with van der Waals surface area (Å²) in [5, 5.41) is 34.9. The van der Waals surface area contributed by atoms with Crippen molar-refractivity contribution in [1.82, 2.24) is 0 Å². The number of ketones is 1. The molecule has 0 spiro atoms. The Morgan fingerprint density at radius 1 is 1.12 bits per heavy atom. The van der Waals surface area contributed by atoms with Crippen LogP contribution in [0.25, 0.3) is 0 Å². The lowest BCUT2D eigenvalue weighted by molar-refractivity contribution is -0.212. The van der Waals surface area contributed by atoms with E-state index < -0.39 is 17.8 Å². The minimum atomic E-state index is -0.785. The van der Waals surface area contributed by atoms with Gasteiger partial charge in [0.1, 0.15) is 5.78 Å². The molecule has 3 N–H and O–H groups in total. The van der Waals surface area contributed by atoms with E-state index in [9.17, 15) is 20.1 Å². The van der Waals surface area contributed by atoms with E-state index in [1.54, 1.807) is 0 Å². The quantitative estimate of drug-likeness (QED) is 0.541. The molecule has 5 fully saturated rings. The Morgan fingerprint density at radius 3 is 2.48 bits per heavy atom. The third-order valence-electron chi connectivity index (χ3n) is 12.4. The first-order valence-electron chi connectivity index (χ1n) is 14.0. The number of fused-ring (bicyclic) bond motifs is 5. The predicted molar refractivity (Wildman–Crippen MR) is 129 cm³/mol. The second-order valence-electron chi connectivity index (χ2n) is 14.0. The van der Waals surface area contributed by atoms with Crippen LogP contribution in [0.2, 0.25) is 0 Å². The molecule has 0 aliphatic heterocycles. The number of Topliss-reactive ketones (excluding diaryl/α,β-unsaturated/α-hetero) is 1. The van der Waals surface area contributed by atoms with Crippen LogP contribution < -0.4 is 0 Å². The van der Waals surface area contributed by atoms with Crippen LogP contribution >= 0.6 is 0 Å². The number of carbonyl (C=O) groups is 1. The number of aliphatic hydroxyl groups is 3. The third-order valence-corrected chi connectivity index (χ3v) is 12.4. The molecule has 0 bridgehead atoms. The molecule has 0 heterocycles. The summed E-state index contributed by atoms with van der Waals surface area (Å²) in [6.07, 6.45) is 7.85. The Balaban J connectivity index is 1.37. The fourth-order valence-corrected chi connectivity index (χ4v) is 10.0. The Hall–Kier alpha value is -0.450. The van der Waals surface area contributed by atoms with Crippen molar-refractivity contribution in [3.8, 4) is 0 Å². The summed E-state index contributed by atoms with van der Waals surface area (Å²) in [6, 6.07) is 0. The molecule has 0 aromatic rings. The van der Waals surface area contributed by atoms with Gasteiger partial charge in [-0.15, -0.1) is 0 Å². The van der Waals surface area contributed by atoms with E-state index in [1.807, 2.05) is 6.92 Å². The van der Waals surface area contributed by atoms with Crippen LogP contribution in [0, 0.1) is 58.2 Å². The van der Waals surface area contributed by atoms with Crippen molar-refractivity contribution >= 4 is 5.78 Å². The zero-order valence-electron chi connectivity index (χ0n) is 21.6. The molecule has 0 radical (unpaired) electrons. The molecule has 0 aromatic heterocycles. The smallest absolute Gasteiger partial charge is 0.133 e. The normalized spacial score (nSPS) is 54.1. The lowest BCUT2D eigenvalue weighted by Crippen LogP contribution is -2.63. The average molecular weight is 461 g/mol. The molecule has 4 heteroatoms.